The summed E-state index contributed by atoms with van der Waals surface area (Å²) in [6.07, 6.45) is 0.699. The lowest BCUT2D eigenvalue weighted by Crippen LogP contribution is -2.29. The number of aromatic nitrogens is 3. The number of aryl methyl sites for hydroxylation is 2. The Bertz CT molecular complexity index is 945. The highest BCUT2D eigenvalue weighted by atomic mass is 16.5. The van der Waals surface area contributed by atoms with E-state index in [0.29, 0.717) is 25.1 Å². The van der Waals surface area contributed by atoms with E-state index in [-0.39, 0.29) is 17.9 Å². The maximum atomic E-state index is 13.0. The minimum Gasteiger partial charge on any atom is -0.379 e. The average molecular weight is 354 g/mol. The Labute approximate surface area is 151 Å². The van der Waals surface area contributed by atoms with E-state index in [2.05, 4.69) is 15.1 Å². The molecule has 0 aliphatic carbocycles. The zero-order valence-electron chi connectivity index (χ0n) is 15.2. The van der Waals surface area contributed by atoms with Crippen LogP contribution >= 0.6 is 0 Å². The van der Waals surface area contributed by atoms with Gasteiger partial charge in [0.2, 0.25) is 0 Å². The standard InChI is InChI=1S/C19H22N4O3/c1-11-6-15(26-22-11)7-14-9-23(10-18(14)25-3)19(24)13-4-5-16-17(8-13)21-12(2)20-16/h4-6,8,14,18H,7,9-10H2,1-3H3,(H,20,21). The molecule has 1 aliphatic rings. The molecule has 7 nitrogen and oxygen atoms in total. The third-order valence-electron chi connectivity index (χ3n) is 4.96. The van der Waals surface area contributed by atoms with Gasteiger partial charge >= 0.3 is 0 Å². The fraction of sp³-hybridized carbons (Fsp3) is 0.421. The average Bonchev–Trinajstić information content (AvgIpc) is 3.31. The SMILES string of the molecule is COC1CN(C(=O)c2ccc3nc(C)[nH]c3c2)CC1Cc1cc(C)no1. The van der Waals surface area contributed by atoms with Gasteiger partial charge in [-0.15, -0.1) is 0 Å². The Hall–Kier alpha value is -2.67. The number of aromatic amines is 1. The third kappa shape index (κ3) is 3.10. The highest BCUT2D eigenvalue weighted by molar-refractivity contribution is 5.97. The van der Waals surface area contributed by atoms with Gasteiger partial charge < -0.3 is 19.1 Å². The molecule has 4 rings (SSSR count). The summed E-state index contributed by atoms with van der Waals surface area (Å²) in [5.41, 5.74) is 3.27. The highest BCUT2D eigenvalue weighted by Crippen LogP contribution is 2.26. The van der Waals surface area contributed by atoms with E-state index in [1.54, 1.807) is 7.11 Å². The molecule has 1 fully saturated rings. The van der Waals surface area contributed by atoms with Crippen molar-refractivity contribution in [2.75, 3.05) is 20.2 Å². The molecule has 1 aliphatic heterocycles. The van der Waals surface area contributed by atoms with Crippen LogP contribution in [-0.4, -0.2) is 52.2 Å². The number of H-pyrrole nitrogens is 1. The largest absolute Gasteiger partial charge is 0.379 e. The Balaban J connectivity index is 1.51. The van der Waals surface area contributed by atoms with E-state index in [4.69, 9.17) is 9.26 Å². The fourth-order valence-electron chi connectivity index (χ4n) is 3.69. The first-order chi connectivity index (χ1) is 12.5. The maximum absolute atomic E-state index is 13.0. The molecule has 2 aromatic heterocycles. The van der Waals surface area contributed by atoms with Crippen molar-refractivity contribution in [3.63, 3.8) is 0 Å². The number of hydrogen-bond acceptors (Lipinski definition) is 5. The van der Waals surface area contributed by atoms with Crippen LogP contribution in [0.3, 0.4) is 0 Å². The lowest BCUT2D eigenvalue weighted by molar-refractivity contribution is 0.0672. The number of amides is 1. The van der Waals surface area contributed by atoms with Gasteiger partial charge in [0.15, 0.2) is 0 Å². The van der Waals surface area contributed by atoms with Gasteiger partial charge in [0.05, 0.1) is 22.8 Å². The first-order valence-corrected chi connectivity index (χ1v) is 8.74. The van der Waals surface area contributed by atoms with Crippen LogP contribution in [-0.2, 0) is 11.2 Å². The number of fused-ring (bicyclic) bond motifs is 1. The minimum atomic E-state index is -0.0116. The molecular formula is C19H22N4O3. The monoisotopic (exact) mass is 354 g/mol. The van der Waals surface area contributed by atoms with Crippen LogP contribution in [0.4, 0.5) is 0 Å². The van der Waals surface area contributed by atoms with Crippen LogP contribution in [0.1, 0.15) is 27.6 Å². The highest BCUT2D eigenvalue weighted by Gasteiger charge is 2.36. The topological polar surface area (TPSA) is 84.2 Å². The van der Waals surface area contributed by atoms with E-state index in [9.17, 15) is 4.79 Å². The zero-order chi connectivity index (χ0) is 18.3. The molecule has 2 atom stereocenters. The van der Waals surface area contributed by atoms with Gasteiger partial charge in [0.1, 0.15) is 11.6 Å². The predicted molar refractivity (Wildman–Crippen MR) is 96.0 cm³/mol. The second kappa shape index (κ2) is 6.57. The third-order valence-corrected chi connectivity index (χ3v) is 4.96. The number of rotatable bonds is 4. The Morgan fingerprint density at radius 2 is 2.19 bits per heavy atom. The van der Waals surface area contributed by atoms with Crippen molar-refractivity contribution >= 4 is 16.9 Å². The van der Waals surface area contributed by atoms with Crippen molar-refractivity contribution in [2.24, 2.45) is 5.92 Å². The van der Waals surface area contributed by atoms with Gasteiger partial charge in [-0.25, -0.2) is 4.98 Å². The van der Waals surface area contributed by atoms with Gasteiger partial charge in [0, 0.05) is 44.2 Å². The van der Waals surface area contributed by atoms with Gasteiger partial charge in [0.25, 0.3) is 5.91 Å². The molecule has 0 radical (unpaired) electrons. The van der Waals surface area contributed by atoms with Gasteiger partial charge in [-0.2, -0.15) is 0 Å². The lowest BCUT2D eigenvalue weighted by Gasteiger charge is -2.16. The van der Waals surface area contributed by atoms with Crippen LogP contribution in [0.15, 0.2) is 28.8 Å². The van der Waals surface area contributed by atoms with E-state index in [1.165, 1.54) is 0 Å². The van der Waals surface area contributed by atoms with Gasteiger partial charge in [-0.05, 0) is 32.0 Å². The second-order valence-electron chi connectivity index (χ2n) is 6.94. The molecule has 1 saturated heterocycles. The van der Waals surface area contributed by atoms with Crippen molar-refractivity contribution in [3.8, 4) is 0 Å². The number of hydrogen-bond donors (Lipinski definition) is 1. The fourth-order valence-corrected chi connectivity index (χ4v) is 3.69. The molecular weight excluding hydrogens is 332 g/mol. The first-order valence-electron chi connectivity index (χ1n) is 8.74. The van der Waals surface area contributed by atoms with Crippen molar-refractivity contribution in [1.82, 2.24) is 20.0 Å². The molecule has 3 heterocycles. The molecule has 136 valence electrons. The number of carbonyl (C=O) groups excluding carboxylic acids is 1. The molecule has 1 aromatic carbocycles. The van der Waals surface area contributed by atoms with E-state index >= 15 is 0 Å². The molecule has 1 amide bonds. The zero-order valence-corrected chi connectivity index (χ0v) is 15.2. The second-order valence-corrected chi connectivity index (χ2v) is 6.94. The Morgan fingerprint density at radius 1 is 1.35 bits per heavy atom. The molecule has 7 heteroatoms. The number of benzene rings is 1. The Kier molecular flexibility index (Phi) is 4.24. The first kappa shape index (κ1) is 16.8. The smallest absolute Gasteiger partial charge is 0.254 e. The van der Waals surface area contributed by atoms with E-state index < -0.39 is 0 Å². The summed E-state index contributed by atoms with van der Waals surface area (Å²) in [7, 11) is 1.69. The van der Waals surface area contributed by atoms with Crippen molar-refractivity contribution in [3.05, 3.63) is 47.1 Å². The number of methoxy groups -OCH3 is 1. The van der Waals surface area contributed by atoms with Gasteiger partial charge in [-0.1, -0.05) is 5.16 Å². The quantitative estimate of drug-likeness (QED) is 0.778. The van der Waals surface area contributed by atoms with Crippen molar-refractivity contribution < 1.29 is 14.1 Å². The summed E-state index contributed by atoms with van der Waals surface area (Å²) < 4.78 is 11.0. The molecule has 1 N–H and O–H groups in total. The predicted octanol–water partition coefficient (Wildman–Crippen LogP) is 2.50. The molecule has 0 spiro atoms. The summed E-state index contributed by atoms with van der Waals surface area (Å²) >= 11 is 0. The van der Waals surface area contributed by atoms with Crippen molar-refractivity contribution in [1.29, 1.82) is 0 Å². The lowest BCUT2D eigenvalue weighted by atomic mass is 10.0. The van der Waals surface area contributed by atoms with Gasteiger partial charge in [-0.3, -0.25) is 4.79 Å². The van der Waals surface area contributed by atoms with E-state index in [0.717, 1.165) is 28.3 Å². The Morgan fingerprint density at radius 3 is 2.92 bits per heavy atom. The summed E-state index contributed by atoms with van der Waals surface area (Å²) in [6, 6.07) is 7.52. The van der Waals surface area contributed by atoms with Crippen LogP contribution in [0.25, 0.3) is 11.0 Å². The summed E-state index contributed by atoms with van der Waals surface area (Å²) in [6.45, 7) is 5.02. The van der Waals surface area contributed by atoms with Crippen LogP contribution in [0.5, 0.6) is 0 Å². The molecule has 3 aromatic rings. The molecule has 0 bridgehead atoms. The van der Waals surface area contributed by atoms with Crippen LogP contribution in [0.2, 0.25) is 0 Å². The summed E-state index contributed by atoms with van der Waals surface area (Å²) in [5.74, 6) is 1.87. The normalized spacial score (nSPS) is 20.2. The minimum absolute atomic E-state index is 0.0115. The molecule has 0 saturated carbocycles. The van der Waals surface area contributed by atoms with E-state index in [1.807, 2.05) is 43.0 Å². The summed E-state index contributed by atoms with van der Waals surface area (Å²) in [4.78, 5) is 22.4. The molecule has 26 heavy (non-hydrogen) atoms. The number of nitrogens with one attached hydrogen (secondary N) is 1. The van der Waals surface area contributed by atoms with Crippen LogP contribution < -0.4 is 0 Å². The maximum Gasteiger partial charge on any atom is 0.254 e. The summed E-state index contributed by atoms with van der Waals surface area (Å²) in [5, 5.41) is 3.94. The number of likely N-dealkylation sites (tertiary alicyclic amines) is 1. The van der Waals surface area contributed by atoms with Crippen molar-refractivity contribution in [2.45, 2.75) is 26.4 Å². The molecule has 2 unspecified atom stereocenters. The van der Waals surface area contributed by atoms with Crippen LogP contribution in [0, 0.1) is 19.8 Å². The number of nitrogens with zero attached hydrogens (tertiary/aromatic N) is 3. The number of imidazole rings is 1. The number of ether oxygens (including phenoxy) is 1. The number of carbonyl (C=O) groups is 1.